The second kappa shape index (κ2) is 5.69. The van der Waals surface area contributed by atoms with Gasteiger partial charge in [0, 0.05) is 19.3 Å². The Morgan fingerprint density at radius 2 is 2.28 bits per heavy atom. The molecular weight excluding hydrogens is 228 g/mol. The van der Waals surface area contributed by atoms with Crippen LogP contribution in [0.4, 0.5) is 11.5 Å². The lowest BCUT2D eigenvalue weighted by molar-refractivity contribution is 0.199. The van der Waals surface area contributed by atoms with E-state index >= 15 is 0 Å². The van der Waals surface area contributed by atoms with Gasteiger partial charge >= 0.3 is 0 Å². The fourth-order valence-corrected chi connectivity index (χ4v) is 2.56. The van der Waals surface area contributed by atoms with Crippen molar-refractivity contribution in [1.29, 1.82) is 5.26 Å². The van der Waals surface area contributed by atoms with Gasteiger partial charge in [0.15, 0.2) is 5.82 Å². The van der Waals surface area contributed by atoms with Gasteiger partial charge in [0.05, 0.1) is 11.3 Å². The zero-order valence-corrected chi connectivity index (χ0v) is 10.3. The number of nitrogen functional groups attached to an aromatic ring is 1. The number of aromatic nitrogens is 1. The predicted molar refractivity (Wildman–Crippen MR) is 69.8 cm³/mol. The van der Waals surface area contributed by atoms with Crippen LogP contribution < -0.4 is 11.1 Å². The van der Waals surface area contributed by atoms with Crippen LogP contribution in [0.2, 0.25) is 0 Å². The van der Waals surface area contributed by atoms with Crippen LogP contribution in [0.3, 0.4) is 0 Å². The van der Waals surface area contributed by atoms with Crippen LogP contribution in [0.25, 0.3) is 0 Å². The first kappa shape index (κ1) is 12.7. The van der Waals surface area contributed by atoms with Gasteiger partial charge in [-0.15, -0.1) is 0 Å². The summed E-state index contributed by atoms with van der Waals surface area (Å²) in [6, 6.07) is 3.64. The van der Waals surface area contributed by atoms with Gasteiger partial charge in [-0.25, -0.2) is 4.98 Å². The molecule has 96 valence electrons. The van der Waals surface area contributed by atoms with E-state index in [-0.39, 0.29) is 6.61 Å². The number of pyridine rings is 1. The van der Waals surface area contributed by atoms with Gasteiger partial charge in [0.1, 0.15) is 6.07 Å². The van der Waals surface area contributed by atoms with Crippen molar-refractivity contribution in [3.8, 4) is 6.07 Å². The molecule has 1 saturated carbocycles. The maximum Gasteiger partial charge on any atom is 0.150 e. The molecule has 4 N–H and O–H groups in total. The van der Waals surface area contributed by atoms with Gasteiger partial charge in [-0.2, -0.15) is 5.26 Å². The molecule has 5 heteroatoms. The summed E-state index contributed by atoms with van der Waals surface area (Å²) in [5, 5.41) is 21.3. The summed E-state index contributed by atoms with van der Waals surface area (Å²) in [6.07, 6.45) is 4.95. The average Bonchev–Trinajstić information content (AvgIpc) is 2.85. The first-order chi connectivity index (χ1) is 8.76. The number of nitrogens with one attached hydrogen (secondary N) is 1. The topological polar surface area (TPSA) is 95.0 Å². The zero-order chi connectivity index (χ0) is 13.0. The average molecular weight is 246 g/mol. The Morgan fingerprint density at radius 3 is 3.00 bits per heavy atom. The molecule has 1 aromatic rings. The second-order valence-corrected chi connectivity index (χ2v) is 4.75. The molecule has 18 heavy (non-hydrogen) atoms. The van der Waals surface area contributed by atoms with Gasteiger partial charge in [0.25, 0.3) is 0 Å². The third-order valence-electron chi connectivity index (χ3n) is 3.69. The number of rotatable bonds is 4. The van der Waals surface area contributed by atoms with Gasteiger partial charge in [-0.05, 0) is 30.7 Å². The van der Waals surface area contributed by atoms with Crippen LogP contribution in [0.1, 0.15) is 24.8 Å². The molecule has 0 spiro atoms. The normalized spacial score (nSPS) is 22.7. The predicted octanol–water partition coefficient (Wildman–Crippen LogP) is 1.36. The van der Waals surface area contributed by atoms with Crippen LogP contribution in [-0.4, -0.2) is 23.2 Å². The number of anilines is 2. The van der Waals surface area contributed by atoms with Gasteiger partial charge in [-0.1, -0.05) is 6.42 Å². The Kier molecular flexibility index (Phi) is 4.00. The van der Waals surface area contributed by atoms with E-state index in [4.69, 9.17) is 11.0 Å². The number of hydrogen-bond donors (Lipinski definition) is 3. The van der Waals surface area contributed by atoms with E-state index in [2.05, 4.69) is 10.3 Å². The Balaban J connectivity index is 2.00. The summed E-state index contributed by atoms with van der Waals surface area (Å²) in [6.45, 7) is 0.991. The molecular formula is C13H18N4O. The summed E-state index contributed by atoms with van der Waals surface area (Å²) in [4.78, 5) is 4.15. The smallest absolute Gasteiger partial charge is 0.150 e. The van der Waals surface area contributed by atoms with Crippen LogP contribution in [-0.2, 0) is 0 Å². The van der Waals surface area contributed by atoms with E-state index in [9.17, 15) is 5.11 Å². The largest absolute Gasteiger partial charge is 0.396 e. The molecule has 1 aliphatic rings. The highest BCUT2D eigenvalue weighted by Gasteiger charge is 2.26. The van der Waals surface area contributed by atoms with Crippen molar-refractivity contribution in [2.75, 3.05) is 24.2 Å². The van der Waals surface area contributed by atoms with Crippen LogP contribution in [0.15, 0.2) is 12.3 Å². The Morgan fingerprint density at radius 1 is 1.50 bits per heavy atom. The van der Waals surface area contributed by atoms with Crippen molar-refractivity contribution in [3.63, 3.8) is 0 Å². The quantitative estimate of drug-likeness (QED) is 0.745. The lowest BCUT2D eigenvalue weighted by atomic mass is 9.97. The highest BCUT2D eigenvalue weighted by Crippen LogP contribution is 2.31. The highest BCUT2D eigenvalue weighted by atomic mass is 16.3. The molecule has 0 saturated heterocycles. The number of nitrogens with zero attached hydrogens (tertiary/aromatic N) is 2. The first-order valence-corrected chi connectivity index (χ1v) is 6.25. The van der Waals surface area contributed by atoms with Crippen molar-refractivity contribution in [3.05, 3.63) is 17.8 Å². The van der Waals surface area contributed by atoms with Crippen LogP contribution in [0, 0.1) is 23.2 Å². The molecule has 0 aromatic carbocycles. The monoisotopic (exact) mass is 246 g/mol. The molecule has 0 amide bonds. The molecule has 1 fully saturated rings. The minimum absolute atomic E-state index is 0.244. The lowest BCUT2D eigenvalue weighted by Gasteiger charge is -2.18. The van der Waals surface area contributed by atoms with E-state index in [0.29, 0.717) is 28.9 Å². The third kappa shape index (κ3) is 2.54. The fraction of sp³-hybridized carbons (Fsp3) is 0.538. The summed E-state index contributed by atoms with van der Waals surface area (Å²) in [5.74, 6) is 1.40. The molecule has 1 aliphatic carbocycles. The third-order valence-corrected chi connectivity index (χ3v) is 3.69. The van der Waals surface area contributed by atoms with Gasteiger partial charge in [0.2, 0.25) is 0 Å². The molecule has 2 unspecified atom stereocenters. The maximum atomic E-state index is 9.26. The molecule has 2 rings (SSSR count). The highest BCUT2D eigenvalue weighted by molar-refractivity contribution is 5.68. The molecule has 2 atom stereocenters. The molecule has 1 heterocycles. The first-order valence-electron chi connectivity index (χ1n) is 6.25. The number of nitriles is 1. The van der Waals surface area contributed by atoms with E-state index in [1.54, 1.807) is 12.3 Å². The Hall–Kier alpha value is -1.80. The zero-order valence-electron chi connectivity index (χ0n) is 10.3. The number of aliphatic hydroxyl groups is 1. The number of nitrogens with two attached hydrogens (primary N) is 1. The van der Waals surface area contributed by atoms with Gasteiger partial charge in [-0.3, -0.25) is 0 Å². The second-order valence-electron chi connectivity index (χ2n) is 4.75. The number of hydrogen-bond acceptors (Lipinski definition) is 5. The summed E-state index contributed by atoms with van der Waals surface area (Å²) >= 11 is 0. The molecule has 0 bridgehead atoms. The van der Waals surface area contributed by atoms with Crippen molar-refractivity contribution >= 4 is 11.5 Å². The Bertz CT molecular complexity index is 455. The lowest BCUT2D eigenvalue weighted by Crippen LogP contribution is -2.21. The molecule has 0 aliphatic heterocycles. The van der Waals surface area contributed by atoms with E-state index in [0.717, 1.165) is 19.4 Å². The minimum atomic E-state index is 0.244. The number of aliphatic hydroxyl groups excluding tert-OH is 1. The minimum Gasteiger partial charge on any atom is -0.396 e. The standard InChI is InChI=1S/C13H18N4O/c14-6-9-4-5-16-13(12(9)15)17-7-10-2-1-3-11(10)8-18/h4-5,10-11,18H,1-3,7-8,15H2,(H,16,17). The summed E-state index contributed by atoms with van der Waals surface area (Å²) < 4.78 is 0. The fourth-order valence-electron chi connectivity index (χ4n) is 2.56. The van der Waals surface area contributed by atoms with E-state index < -0.39 is 0 Å². The van der Waals surface area contributed by atoms with Crippen molar-refractivity contribution in [2.45, 2.75) is 19.3 Å². The Labute approximate surface area is 107 Å². The van der Waals surface area contributed by atoms with E-state index in [1.807, 2.05) is 6.07 Å². The van der Waals surface area contributed by atoms with Crippen molar-refractivity contribution < 1.29 is 5.11 Å². The van der Waals surface area contributed by atoms with Crippen LogP contribution in [0.5, 0.6) is 0 Å². The summed E-state index contributed by atoms with van der Waals surface area (Å²) in [5.41, 5.74) is 6.69. The van der Waals surface area contributed by atoms with E-state index in [1.165, 1.54) is 6.42 Å². The van der Waals surface area contributed by atoms with Crippen LogP contribution >= 0.6 is 0 Å². The molecule has 1 aromatic heterocycles. The summed E-state index contributed by atoms with van der Waals surface area (Å²) in [7, 11) is 0. The van der Waals surface area contributed by atoms with Crippen molar-refractivity contribution in [1.82, 2.24) is 4.98 Å². The maximum absolute atomic E-state index is 9.26. The van der Waals surface area contributed by atoms with Gasteiger partial charge < -0.3 is 16.2 Å². The molecule has 0 radical (unpaired) electrons. The SMILES string of the molecule is N#Cc1ccnc(NCC2CCCC2CO)c1N. The molecule has 5 nitrogen and oxygen atoms in total. The van der Waals surface area contributed by atoms with Crippen molar-refractivity contribution in [2.24, 2.45) is 11.8 Å².